The van der Waals surface area contributed by atoms with Gasteiger partial charge in [0.05, 0.1) is 0 Å². The molecule has 0 saturated heterocycles. The highest BCUT2D eigenvalue weighted by atomic mass is 16.5. The van der Waals surface area contributed by atoms with Gasteiger partial charge in [-0.15, -0.1) is 0 Å². The number of nitrogens with two attached hydrogens (primary N) is 1. The number of nitrogen functional groups attached to an aromatic ring is 1. The first kappa shape index (κ1) is 12.7. The van der Waals surface area contributed by atoms with Crippen molar-refractivity contribution in [1.82, 2.24) is 4.90 Å². The van der Waals surface area contributed by atoms with Crippen molar-refractivity contribution in [3.8, 4) is 5.75 Å². The normalized spacial score (nSPS) is 21.2. The molecule has 0 saturated carbocycles. The Morgan fingerprint density at radius 3 is 2.95 bits per heavy atom. The number of nitrogens with zero attached hydrogens (tertiary/aromatic N) is 1. The van der Waals surface area contributed by atoms with Gasteiger partial charge >= 0.3 is 0 Å². The number of rotatable bonds is 1. The fourth-order valence-electron chi connectivity index (χ4n) is 3.61. The second-order valence-electron chi connectivity index (χ2n) is 5.94. The van der Waals surface area contributed by atoms with Gasteiger partial charge in [-0.3, -0.25) is 4.90 Å². The Morgan fingerprint density at radius 2 is 2.00 bits per heavy atom. The SMILES string of the molecule is Nc1ccc2c(c1)CCC2N1CCOc2ccccc2C1. The molecule has 1 aliphatic carbocycles. The van der Waals surface area contributed by atoms with Crippen LogP contribution < -0.4 is 10.5 Å². The van der Waals surface area contributed by atoms with Crippen LogP contribution in [0.5, 0.6) is 5.75 Å². The summed E-state index contributed by atoms with van der Waals surface area (Å²) >= 11 is 0. The number of anilines is 1. The third-order valence-electron chi connectivity index (χ3n) is 4.64. The summed E-state index contributed by atoms with van der Waals surface area (Å²) in [5.41, 5.74) is 10.9. The molecular weight excluding hydrogens is 260 g/mol. The molecule has 1 aliphatic heterocycles. The van der Waals surface area contributed by atoms with Gasteiger partial charge < -0.3 is 10.5 Å². The summed E-state index contributed by atoms with van der Waals surface area (Å²) in [6.45, 7) is 2.70. The Balaban J connectivity index is 1.64. The summed E-state index contributed by atoms with van der Waals surface area (Å²) in [5, 5.41) is 0. The zero-order valence-electron chi connectivity index (χ0n) is 12.1. The fraction of sp³-hybridized carbons (Fsp3) is 0.333. The lowest BCUT2D eigenvalue weighted by Gasteiger charge is -2.27. The van der Waals surface area contributed by atoms with Gasteiger partial charge in [0, 0.05) is 30.4 Å². The Kier molecular flexibility index (Phi) is 3.08. The maximum absolute atomic E-state index is 5.91. The molecule has 108 valence electrons. The zero-order chi connectivity index (χ0) is 14.2. The van der Waals surface area contributed by atoms with E-state index >= 15 is 0 Å². The van der Waals surface area contributed by atoms with E-state index in [1.54, 1.807) is 0 Å². The Hall–Kier alpha value is -2.00. The number of hydrogen-bond acceptors (Lipinski definition) is 3. The molecule has 0 bridgehead atoms. The molecule has 4 rings (SSSR count). The Labute approximate surface area is 125 Å². The van der Waals surface area contributed by atoms with Crippen LogP contribution in [0.15, 0.2) is 42.5 Å². The first-order valence-corrected chi connectivity index (χ1v) is 7.64. The first-order chi connectivity index (χ1) is 10.3. The van der Waals surface area contributed by atoms with Crippen LogP contribution in [0.1, 0.15) is 29.2 Å². The van der Waals surface area contributed by atoms with E-state index in [1.165, 1.54) is 23.1 Å². The van der Waals surface area contributed by atoms with Crippen LogP contribution in [0.2, 0.25) is 0 Å². The highest BCUT2D eigenvalue weighted by Gasteiger charge is 2.29. The lowest BCUT2D eigenvalue weighted by Crippen LogP contribution is -2.29. The second kappa shape index (κ2) is 5.08. The molecule has 1 heterocycles. The molecule has 0 amide bonds. The Morgan fingerprint density at radius 1 is 1.10 bits per heavy atom. The van der Waals surface area contributed by atoms with Crippen LogP contribution in [0.3, 0.4) is 0 Å². The van der Waals surface area contributed by atoms with E-state index < -0.39 is 0 Å². The standard InChI is InChI=1S/C18H20N2O/c19-15-6-7-16-13(11-15)5-8-17(16)20-9-10-21-18-4-2-1-3-14(18)12-20/h1-4,6-7,11,17H,5,8-10,12,19H2. The van der Waals surface area contributed by atoms with E-state index in [0.717, 1.165) is 37.6 Å². The van der Waals surface area contributed by atoms with E-state index in [2.05, 4.69) is 35.2 Å². The summed E-state index contributed by atoms with van der Waals surface area (Å²) in [7, 11) is 0. The van der Waals surface area contributed by atoms with Crippen molar-refractivity contribution in [2.24, 2.45) is 0 Å². The third-order valence-corrected chi connectivity index (χ3v) is 4.64. The molecule has 3 heteroatoms. The summed E-state index contributed by atoms with van der Waals surface area (Å²) in [6.07, 6.45) is 2.31. The minimum atomic E-state index is 0.496. The Bertz CT molecular complexity index is 668. The molecule has 0 fully saturated rings. The average Bonchev–Trinajstić information content (AvgIpc) is 2.78. The summed E-state index contributed by atoms with van der Waals surface area (Å²) in [5.74, 6) is 1.04. The highest BCUT2D eigenvalue weighted by Crippen LogP contribution is 2.38. The molecule has 2 N–H and O–H groups in total. The van der Waals surface area contributed by atoms with Gasteiger partial charge in [-0.1, -0.05) is 24.3 Å². The van der Waals surface area contributed by atoms with Crippen LogP contribution in [0, 0.1) is 0 Å². The molecule has 1 atom stereocenters. The average molecular weight is 280 g/mol. The van der Waals surface area contributed by atoms with Crippen LogP contribution in [0.4, 0.5) is 5.69 Å². The number of fused-ring (bicyclic) bond motifs is 2. The second-order valence-corrected chi connectivity index (χ2v) is 5.94. The summed E-state index contributed by atoms with van der Waals surface area (Å²) in [6, 6.07) is 15.2. The highest BCUT2D eigenvalue weighted by molar-refractivity contribution is 5.48. The van der Waals surface area contributed by atoms with Crippen LogP contribution in [-0.2, 0) is 13.0 Å². The van der Waals surface area contributed by atoms with E-state index in [1.807, 2.05) is 12.1 Å². The predicted molar refractivity (Wildman–Crippen MR) is 84.3 cm³/mol. The van der Waals surface area contributed by atoms with Crippen molar-refractivity contribution in [2.45, 2.75) is 25.4 Å². The van der Waals surface area contributed by atoms with Crippen molar-refractivity contribution in [3.63, 3.8) is 0 Å². The largest absolute Gasteiger partial charge is 0.492 e. The van der Waals surface area contributed by atoms with Crippen LogP contribution in [0.25, 0.3) is 0 Å². The predicted octanol–water partition coefficient (Wildman–Crippen LogP) is 3.15. The first-order valence-electron chi connectivity index (χ1n) is 7.64. The van der Waals surface area contributed by atoms with Crippen molar-refractivity contribution >= 4 is 5.69 Å². The molecule has 21 heavy (non-hydrogen) atoms. The lowest BCUT2D eigenvalue weighted by atomic mass is 10.1. The number of aryl methyl sites for hydroxylation is 1. The molecular formula is C18H20N2O. The topological polar surface area (TPSA) is 38.5 Å². The molecule has 2 aromatic rings. The third kappa shape index (κ3) is 2.28. The van der Waals surface area contributed by atoms with Gasteiger partial charge in [0.2, 0.25) is 0 Å². The quantitative estimate of drug-likeness (QED) is 0.816. The van der Waals surface area contributed by atoms with Gasteiger partial charge in [-0.05, 0) is 42.2 Å². The van der Waals surface area contributed by atoms with E-state index in [0.29, 0.717) is 6.04 Å². The molecule has 0 aromatic heterocycles. The maximum Gasteiger partial charge on any atom is 0.123 e. The number of benzene rings is 2. The van der Waals surface area contributed by atoms with Gasteiger partial charge in [-0.25, -0.2) is 0 Å². The zero-order valence-corrected chi connectivity index (χ0v) is 12.1. The molecule has 1 unspecified atom stereocenters. The number of para-hydroxylation sites is 1. The minimum Gasteiger partial charge on any atom is -0.492 e. The lowest BCUT2D eigenvalue weighted by molar-refractivity contribution is 0.169. The number of hydrogen-bond donors (Lipinski definition) is 1. The van der Waals surface area contributed by atoms with Crippen molar-refractivity contribution in [3.05, 3.63) is 59.2 Å². The van der Waals surface area contributed by atoms with Gasteiger partial charge in [0.15, 0.2) is 0 Å². The smallest absolute Gasteiger partial charge is 0.123 e. The van der Waals surface area contributed by atoms with Gasteiger partial charge in [-0.2, -0.15) is 0 Å². The summed E-state index contributed by atoms with van der Waals surface area (Å²) < 4.78 is 5.88. The van der Waals surface area contributed by atoms with E-state index in [-0.39, 0.29) is 0 Å². The van der Waals surface area contributed by atoms with Crippen molar-refractivity contribution < 1.29 is 4.74 Å². The fourth-order valence-corrected chi connectivity index (χ4v) is 3.61. The molecule has 3 nitrogen and oxygen atoms in total. The number of ether oxygens (including phenoxy) is 1. The summed E-state index contributed by atoms with van der Waals surface area (Å²) in [4.78, 5) is 2.55. The van der Waals surface area contributed by atoms with Crippen LogP contribution in [-0.4, -0.2) is 18.1 Å². The van der Waals surface area contributed by atoms with Crippen LogP contribution >= 0.6 is 0 Å². The van der Waals surface area contributed by atoms with E-state index in [4.69, 9.17) is 10.5 Å². The molecule has 2 aliphatic rings. The van der Waals surface area contributed by atoms with Crippen molar-refractivity contribution in [2.75, 3.05) is 18.9 Å². The van der Waals surface area contributed by atoms with Crippen molar-refractivity contribution in [1.29, 1.82) is 0 Å². The molecule has 0 spiro atoms. The van der Waals surface area contributed by atoms with E-state index in [9.17, 15) is 0 Å². The van der Waals surface area contributed by atoms with Gasteiger partial charge in [0.25, 0.3) is 0 Å². The maximum atomic E-state index is 5.91. The monoisotopic (exact) mass is 280 g/mol. The molecule has 2 aromatic carbocycles. The van der Waals surface area contributed by atoms with Gasteiger partial charge in [0.1, 0.15) is 12.4 Å². The minimum absolute atomic E-state index is 0.496. The molecule has 0 radical (unpaired) electrons.